The third kappa shape index (κ3) is 6.37. The van der Waals surface area contributed by atoms with Crippen LogP contribution in [0.15, 0.2) is 89.5 Å². The van der Waals surface area contributed by atoms with E-state index in [2.05, 4.69) is 46.1 Å². The summed E-state index contributed by atoms with van der Waals surface area (Å²) in [5.41, 5.74) is 10.2. The van der Waals surface area contributed by atoms with Gasteiger partial charge in [0.15, 0.2) is 0 Å². The molecular weight excluding hydrogens is 566 g/mol. The molecule has 1 aliphatic heterocycles. The molecule has 1 aliphatic carbocycles. The second-order valence-electron chi connectivity index (χ2n) is 11.0. The fourth-order valence-corrected chi connectivity index (χ4v) is 5.73. The average molecular weight is 604 g/mol. The van der Waals surface area contributed by atoms with Crippen LogP contribution in [0, 0.1) is 0 Å². The molecule has 45 heavy (non-hydrogen) atoms. The highest BCUT2D eigenvalue weighted by atomic mass is 16.5. The number of nitrogens with one attached hydrogen (secondary N) is 2. The third-order valence-electron chi connectivity index (χ3n) is 7.98. The summed E-state index contributed by atoms with van der Waals surface area (Å²) in [6.07, 6.45) is 14.4. The van der Waals surface area contributed by atoms with Gasteiger partial charge in [-0.05, 0) is 60.2 Å². The molecule has 2 aromatic heterocycles. The molecule has 2 aromatic carbocycles. The summed E-state index contributed by atoms with van der Waals surface area (Å²) in [7, 11) is 7.17. The van der Waals surface area contributed by atoms with Crippen LogP contribution in [0.25, 0.3) is 28.0 Å². The van der Waals surface area contributed by atoms with Gasteiger partial charge in [0.1, 0.15) is 11.6 Å². The quantitative estimate of drug-likeness (QED) is 0.230. The standard InChI is InChI=1S/C35H37N7O3/c1-41-22-27(21-38-41)23-9-11-24(12-10-23)34-33-28-7-5-8-32(37-20-26(28)14-16-30(33)40-42(34)2)39-29-15-13-25(19-31(29)45-4)35(43)36-17-6-18-44-3/h5,7-13,15,19-22H,6,14,16-18H2,1-4H3,(H,36,43)(H,37,39). The third-order valence-corrected chi connectivity index (χ3v) is 7.98. The molecule has 2 aliphatic rings. The molecule has 0 spiro atoms. The molecule has 0 unspecified atom stereocenters. The Morgan fingerprint density at radius 2 is 1.84 bits per heavy atom. The van der Waals surface area contributed by atoms with Crippen molar-refractivity contribution in [3.05, 3.63) is 101 Å². The normalized spacial score (nSPS) is 14.6. The number of ether oxygens (including phenoxy) is 2. The summed E-state index contributed by atoms with van der Waals surface area (Å²) >= 11 is 0. The first-order valence-electron chi connectivity index (χ1n) is 15.0. The van der Waals surface area contributed by atoms with E-state index in [0.717, 1.165) is 69.7 Å². The van der Waals surface area contributed by atoms with Gasteiger partial charge in [0, 0.05) is 69.0 Å². The molecule has 6 rings (SSSR count). The Balaban J connectivity index is 1.22. The second-order valence-corrected chi connectivity index (χ2v) is 11.0. The van der Waals surface area contributed by atoms with Crippen LogP contribution in [-0.2, 0) is 25.3 Å². The predicted molar refractivity (Wildman–Crippen MR) is 177 cm³/mol. The van der Waals surface area contributed by atoms with Gasteiger partial charge >= 0.3 is 0 Å². The zero-order chi connectivity index (χ0) is 31.3. The number of carbonyl (C=O) groups excluding carboxylic acids is 1. The second kappa shape index (κ2) is 13.2. The zero-order valence-electron chi connectivity index (χ0n) is 26.0. The van der Waals surface area contributed by atoms with Gasteiger partial charge in [0.2, 0.25) is 0 Å². The Morgan fingerprint density at radius 3 is 2.60 bits per heavy atom. The highest BCUT2D eigenvalue weighted by Crippen LogP contribution is 2.39. The number of aromatic nitrogens is 4. The van der Waals surface area contributed by atoms with Crippen LogP contribution in [0.5, 0.6) is 5.75 Å². The number of hydrogen-bond donors (Lipinski definition) is 2. The minimum absolute atomic E-state index is 0.155. The lowest BCUT2D eigenvalue weighted by Gasteiger charge is -2.19. The summed E-state index contributed by atoms with van der Waals surface area (Å²) in [5.74, 6) is 1.06. The van der Waals surface area contributed by atoms with E-state index in [9.17, 15) is 4.79 Å². The van der Waals surface area contributed by atoms with Crippen LogP contribution in [0.4, 0.5) is 5.69 Å². The lowest BCUT2D eigenvalue weighted by atomic mass is 9.86. The van der Waals surface area contributed by atoms with Crippen molar-refractivity contribution in [2.45, 2.75) is 19.3 Å². The highest BCUT2D eigenvalue weighted by Gasteiger charge is 2.26. The SMILES string of the molecule is COCCCNC(=O)c1ccc(NC2=C/C=C/C3=C(C=N2)CCc2nn(C)c(-c4ccc(-c5cnn(C)c5)cc4)c23)c(OC)c1. The molecular formula is C35H37N7O3. The Kier molecular flexibility index (Phi) is 8.74. The molecule has 230 valence electrons. The number of allylic oxidation sites excluding steroid dienone is 5. The number of aryl methyl sites for hydroxylation is 3. The molecule has 0 saturated heterocycles. The number of aliphatic imine (C=N–C) groups is 1. The van der Waals surface area contributed by atoms with Crippen molar-refractivity contribution in [2.75, 3.05) is 32.7 Å². The van der Waals surface area contributed by atoms with E-state index in [1.165, 1.54) is 0 Å². The molecule has 0 bridgehead atoms. The van der Waals surface area contributed by atoms with Crippen LogP contribution in [0.2, 0.25) is 0 Å². The Bertz CT molecular complexity index is 1840. The Labute approximate surface area is 262 Å². The topological polar surface area (TPSA) is 108 Å². The molecule has 4 aromatic rings. The molecule has 0 atom stereocenters. The van der Waals surface area contributed by atoms with Gasteiger partial charge in [0.25, 0.3) is 5.91 Å². The largest absolute Gasteiger partial charge is 0.495 e. The van der Waals surface area contributed by atoms with E-state index in [1.54, 1.807) is 26.4 Å². The maximum atomic E-state index is 12.6. The number of nitrogens with zero attached hydrogens (tertiary/aromatic N) is 5. The minimum Gasteiger partial charge on any atom is -0.495 e. The van der Waals surface area contributed by atoms with Gasteiger partial charge in [-0.2, -0.15) is 10.2 Å². The van der Waals surface area contributed by atoms with Crippen LogP contribution < -0.4 is 15.4 Å². The van der Waals surface area contributed by atoms with Crippen LogP contribution in [0.1, 0.15) is 34.5 Å². The van der Waals surface area contributed by atoms with Crippen molar-refractivity contribution >= 4 is 23.4 Å². The van der Waals surface area contributed by atoms with Crippen LogP contribution in [-0.4, -0.2) is 59.1 Å². The van der Waals surface area contributed by atoms with E-state index in [-0.39, 0.29) is 5.91 Å². The molecule has 10 nitrogen and oxygen atoms in total. The van der Waals surface area contributed by atoms with Gasteiger partial charge in [-0.3, -0.25) is 14.2 Å². The average Bonchev–Trinajstić information content (AvgIpc) is 3.63. The summed E-state index contributed by atoms with van der Waals surface area (Å²) in [4.78, 5) is 17.4. The predicted octanol–water partition coefficient (Wildman–Crippen LogP) is 5.56. The molecule has 0 saturated carbocycles. The molecule has 2 N–H and O–H groups in total. The molecule has 0 radical (unpaired) electrons. The summed E-state index contributed by atoms with van der Waals surface area (Å²) in [6, 6.07) is 13.9. The molecule has 1 amide bonds. The summed E-state index contributed by atoms with van der Waals surface area (Å²) in [5, 5.41) is 15.5. The summed E-state index contributed by atoms with van der Waals surface area (Å²) < 4.78 is 14.5. The van der Waals surface area contributed by atoms with Crippen molar-refractivity contribution in [1.29, 1.82) is 0 Å². The van der Waals surface area contributed by atoms with E-state index in [1.807, 2.05) is 60.3 Å². The van der Waals surface area contributed by atoms with Gasteiger partial charge in [-0.15, -0.1) is 0 Å². The zero-order valence-corrected chi connectivity index (χ0v) is 26.0. The molecule has 10 heteroatoms. The summed E-state index contributed by atoms with van der Waals surface area (Å²) in [6.45, 7) is 1.14. The fraction of sp³-hybridized carbons (Fsp3) is 0.257. The minimum atomic E-state index is -0.155. The Morgan fingerprint density at radius 1 is 1.02 bits per heavy atom. The van der Waals surface area contributed by atoms with Crippen molar-refractivity contribution in [3.8, 4) is 28.1 Å². The number of hydrogen-bond acceptors (Lipinski definition) is 7. The van der Waals surface area contributed by atoms with Crippen molar-refractivity contribution in [1.82, 2.24) is 24.9 Å². The van der Waals surface area contributed by atoms with Crippen molar-refractivity contribution < 1.29 is 14.3 Å². The number of rotatable bonds is 10. The number of amides is 1. The number of fused-ring (bicyclic) bond motifs is 2. The van der Waals surface area contributed by atoms with Crippen molar-refractivity contribution in [3.63, 3.8) is 0 Å². The fourth-order valence-electron chi connectivity index (χ4n) is 5.73. The van der Waals surface area contributed by atoms with Gasteiger partial charge < -0.3 is 20.1 Å². The highest BCUT2D eigenvalue weighted by molar-refractivity contribution is 6.00. The maximum Gasteiger partial charge on any atom is 0.251 e. The van der Waals surface area contributed by atoms with Gasteiger partial charge in [0.05, 0.1) is 30.4 Å². The van der Waals surface area contributed by atoms with Crippen LogP contribution in [0.3, 0.4) is 0 Å². The Hall–Kier alpha value is -5.22. The lowest BCUT2D eigenvalue weighted by Crippen LogP contribution is -2.25. The first-order chi connectivity index (χ1) is 21.9. The first kappa shape index (κ1) is 29.8. The van der Waals surface area contributed by atoms with E-state index in [0.29, 0.717) is 30.3 Å². The van der Waals surface area contributed by atoms with Crippen molar-refractivity contribution in [2.24, 2.45) is 19.1 Å². The van der Waals surface area contributed by atoms with E-state index < -0.39 is 0 Å². The number of carbonyl (C=O) groups is 1. The number of anilines is 1. The van der Waals surface area contributed by atoms with E-state index >= 15 is 0 Å². The van der Waals surface area contributed by atoms with Gasteiger partial charge in [-0.1, -0.05) is 36.4 Å². The molecule has 3 heterocycles. The van der Waals surface area contributed by atoms with Crippen LogP contribution >= 0.6 is 0 Å². The first-order valence-corrected chi connectivity index (χ1v) is 15.0. The molecule has 0 fully saturated rings. The maximum absolute atomic E-state index is 12.6. The monoisotopic (exact) mass is 603 g/mol. The van der Waals surface area contributed by atoms with E-state index in [4.69, 9.17) is 19.6 Å². The smallest absolute Gasteiger partial charge is 0.251 e. The van der Waals surface area contributed by atoms with Gasteiger partial charge in [-0.25, -0.2) is 4.99 Å². The lowest BCUT2D eigenvalue weighted by molar-refractivity contribution is 0.0948. The number of methoxy groups -OCH3 is 2. The number of benzene rings is 2.